The highest BCUT2D eigenvalue weighted by Gasteiger charge is 2.48. The van der Waals surface area contributed by atoms with E-state index in [1.54, 1.807) is 0 Å². The molecular weight excluding hydrogens is 728 g/mol. The summed E-state index contributed by atoms with van der Waals surface area (Å²) in [5.41, 5.74) is 17.9. The minimum Gasteiger partial charge on any atom is -0.376 e. The van der Waals surface area contributed by atoms with Gasteiger partial charge in [-0.15, -0.1) is 22.7 Å². The molecule has 6 aromatic carbocycles. The molecule has 0 N–H and O–H groups in total. The lowest BCUT2D eigenvalue weighted by molar-refractivity contribution is 0.332. The van der Waals surface area contributed by atoms with Crippen LogP contribution in [-0.2, 0) is 16.2 Å². The summed E-state index contributed by atoms with van der Waals surface area (Å²) in [7, 11) is 0. The quantitative estimate of drug-likeness (QED) is 0.161. The van der Waals surface area contributed by atoms with E-state index in [4.69, 9.17) is 0 Å². The molecule has 0 amide bonds. The summed E-state index contributed by atoms with van der Waals surface area (Å²) in [6.45, 7) is 21.4. The fraction of sp³-hybridized carbons (Fsp3) is 0.269. The van der Waals surface area contributed by atoms with E-state index < -0.39 is 0 Å². The maximum atomic E-state index is 2.70. The van der Waals surface area contributed by atoms with Gasteiger partial charge < -0.3 is 9.71 Å². The summed E-state index contributed by atoms with van der Waals surface area (Å²) in [4.78, 5) is 5.38. The van der Waals surface area contributed by atoms with Crippen LogP contribution in [0.5, 0.6) is 0 Å². The summed E-state index contributed by atoms with van der Waals surface area (Å²) < 4.78 is 4.02. The normalized spacial score (nSPS) is 16.5. The Morgan fingerprint density at radius 3 is 1.93 bits per heavy atom. The van der Waals surface area contributed by atoms with Gasteiger partial charge in [-0.05, 0) is 141 Å². The van der Waals surface area contributed by atoms with Crippen molar-refractivity contribution in [1.29, 1.82) is 0 Å². The second-order valence-corrected chi connectivity index (χ2v) is 21.5. The van der Waals surface area contributed by atoms with Crippen LogP contribution in [0.4, 0.5) is 27.8 Å². The average Bonchev–Trinajstić information content (AvgIpc) is 3.74. The van der Waals surface area contributed by atoms with Gasteiger partial charge in [0.15, 0.2) is 0 Å². The standard InChI is InChI=1S/C52H49BN2S2/c1-30-24-38-36-27-37-34-14-10-12-16-44(34)56-46(37)29-42(36)55(33-20-18-32(19-21-33)50(3,4)5)53-47(38)43(25-30)54(49-48(53)35-15-11-13-17-45(35)57-49)41-28-40-39(26-31(41)2)51(6,7)22-23-52(40,8)9/h10-21,24-29H,22-23H2,1-9H3. The second kappa shape index (κ2) is 11.9. The predicted octanol–water partition coefficient (Wildman–Crippen LogP) is 14.2. The molecule has 0 radical (unpaired) electrons. The number of fused-ring (bicyclic) bond motifs is 10. The number of aryl methyl sites for hydroxylation is 2. The van der Waals surface area contributed by atoms with Gasteiger partial charge >= 0.3 is 6.85 Å². The van der Waals surface area contributed by atoms with E-state index in [1.165, 1.54) is 121 Å². The maximum absolute atomic E-state index is 2.70. The van der Waals surface area contributed by atoms with Crippen LogP contribution >= 0.6 is 22.7 Å². The van der Waals surface area contributed by atoms with Gasteiger partial charge in [-0.3, -0.25) is 0 Å². The van der Waals surface area contributed by atoms with Gasteiger partial charge in [0.1, 0.15) is 0 Å². The fourth-order valence-corrected chi connectivity index (χ4v) is 12.8. The molecule has 2 nitrogen and oxygen atoms in total. The van der Waals surface area contributed by atoms with Crippen molar-refractivity contribution >= 4 is 98.5 Å². The zero-order valence-electron chi connectivity index (χ0n) is 34.6. The van der Waals surface area contributed by atoms with Crippen LogP contribution in [0, 0.1) is 13.8 Å². The van der Waals surface area contributed by atoms with E-state index in [0.29, 0.717) is 0 Å². The van der Waals surface area contributed by atoms with Crippen LogP contribution in [-0.4, -0.2) is 6.85 Å². The van der Waals surface area contributed by atoms with E-state index in [-0.39, 0.29) is 23.1 Å². The highest BCUT2D eigenvalue weighted by Crippen LogP contribution is 2.54. The van der Waals surface area contributed by atoms with Gasteiger partial charge in [0.2, 0.25) is 0 Å². The maximum Gasteiger partial charge on any atom is 0.334 e. The van der Waals surface area contributed by atoms with E-state index in [9.17, 15) is 0 Å². The van der Waals surface area contributed by atoms with Gasteiger partial charge in [0, 0.05) is 47.5 Å². The van der Waals surface area contributed by atoms with Crippen molar-refractivity contribution in [3.8, 4) is 11.1 Å². The Kier molecular flexibility index (Phi) is 7.36. The van der Waals surface area contributed by atoms with Crippen LogP contribution in [0.1, 0.15) is 89.1 Å². The van der Waals surface area contributed by atoms with Crippen molar-refractivity contribution in [3.63, 3.8) is 0 Å². The topological polar surface area (TPSA) is 6.48 Å². The summed E-state index contributed by atoms with van der Waals surface area (Å²) >= 11 is 3.87. The van der Waals surface area contributed by atoms with Gasteiger partial charge in [-0.25, -0.2) is 0 Å². The lowest BCUT2D eigenvalue weighted by Crippen LogP contribution is -2.61. The van der Waals surface area contributed by atoms with E-state index in [0.717, 1.165) is 0 Å². The van der Waals surface area contributed by atoms with E-state index in [1.807, 2.05) is 22.7 Å². The third-order valence-corrected chi connectivity index (χ3v) is 15.9. The summed E-state index contributed by atoms with van der Waals surface area (Å²) in [5, 5.41) is 5.37. The molecule has 57 heavy (non-hydrogen) atoms. The smallest absolute Gasteiger partial charge is 0.334 e. The van der Waals surface area contributed by atoms with Crippen molar-refractivity contribution in [2.45, 2.75) is 91.4 Å². The number of rotatable bonds is 2. The molecule has 5 heteroatoms. The zero-order valence-corrected chi connectivity index (χ0v) is 36.2. The first-order valence-electron chi connectivity index (χ1n) is 20.7. The van der Waals surface area contributed by atoms with Crippen molar-refractivity contribution in [2.75, 3.05) is 9.71 Å². The third-order valence-electron chi connectivity index (χ3n) is 13.6. The monoisotopic (exact) mass is 776 g/mol. The minimum atomic E-state index is -0.00822. The molecule has 0 unspecified atom stereocenters. The number of anilines is 5. The van der Waals surface area contributed by atoms with Crippen molar-refractivity contribution in [3.05, 3.63) is 137 Å². The number of hydrogen-bond acceptors (Lipinski definition) is 4. The van der Waals surface area contributed by atoms with Crippen LogP contribution in [0.25, 0.3) is 41.4 Å². The lowest BCUT2D eigenvalue weighted by Gasteiger charge is -2.46. The Hall–Kier alpha value is -4.84. The summed E-state index contributed by atoms with van der Waals surface area (Å²) in [5.74, 6) is 0. The summed E-state index contributed by atoms with van der Waals surface area (Å²) in [6.07, 6.45) is 2.40. The molecule has 0 fully saturated rings. The second-order valence-electron chi connectivity index (χ2n) is 19.4. The predicted molar refractivity (Wildman–Crippen MR) is 252 cm³/mol. The average molecular weight is 777 g/mol. The Morgan fingerprint density at radius 2 is 1.23 bits per heavy atom. The van der Waals surface area contributed by atoms with Crippen molar-refractivity contribution in [2.24, 2.45) is 0 Å². The molecule has 2 aromatic heterocycles. The SMILES string of the molecule is Cc1cc2c3c(c1)N(c1cc4c(cc1C)C(C)(C)CCC4(C)C)c1sc4ccccc4c1B3N(c1ccc(C(C)(C)C)cc1)c1cc3sc4ccccc4c3cc1-2. The molecule has 0 saturated heterocycles. The zero-order chi connectivity index (χ0) is 39.3. The first-order chi connectivity index (χ1) is 27.2. The molecule has 0 bridgehead atoms. The van der Waals surface area contributed by atoms with Crippen molar-refractivity contribution < 1.29 is 0 Å². The molecule has 8 aromatic rings. The highest BCUT2D eigenvalue weighted by molar-refractivity contribution is 7.26. The molecule has 2 aliphatic heterocycles. The van der Waals surface area contributed by atoms with E-state index in [2.05, 4.69) is 181 Å². The van der Waals surface area contributed by atoms with Gasteiger partial charge in [0.25, 0.3) is 0 Å². The van der Waals surface area contributed by atoms with Crippen LogP contribution in [0.3, 0.4) is 0 Å². The minimum absolute atomic E-state index is 0.00822. The Labute approximate surface area is 345 Å². The highest BCUT2D eigenvalue weighted by atomic mass is 32.1. The molecule has 0 spiro atoms. The first kappa shape index (κ1) is 35.3. The number of benzene rings is 6. The molecule has 3 aliphatic rings. The van der Waals surface area contributed by atoms with Crippen LogP contribution in [0.15, 0.2) is 109 Å². The molecule has 11 rings (SSSR count). The molecule has 4 heterocycles. The molecule has 1 aliphatic carbocycles. The number of hydrogen-bond donors (Lipinski definition) is 0. The largest absolute Gasteiger partial charge is 0.376 e. The Balaban J connectivity index is 1.26. The fourth-order valence-electron chi connectivity index (χ4n) is 10.4. The van der Waals surface area contributed by atoms with Gasteiger partial charge in [0.05, 0.1) is 10.7 Å². The Bertz CT molecular complexity index is 2990. The lowest BCUT2D eigenvalue weighted by atomic mass is 9.43. The number of thiophene rings is 2. The molecule has 0 atom stereocenters. The van der Waals surface area contributed by atoms with Gasteiger partial charge in [-0.1, -0.05) is 109 Å². The Morgan fingerprint density at radius 1 is 0.579 bits per heavy atom. The third kappa shape index (κ3) is 5.07. The number of nitrogens with zero attached hydrogens (tertiary/aromatic N) is 2. The molecule has 0 saturated carbocycles. The van der Waals surface area contributed by atoms with Crippen LogP contribution < -0.4 is 20.6 Å². The van der Waals surface area contributed by atoms with Crippen molar-refractivity contribution in [1.82, 2.24) is 0 Å². The molecular formula is C52H49BN2S2. The van der Waals surface area contributed by atoms with E-state index >= 15 is 0 Å². The molecule has 282 valence electrons. The van der Waals surface area contributed by atoms with Crippen LogP contribution in [0.2, 0.25) is 0 Å². The van der Waals surface area contributed by atoms with Gasteiger partial charge in [-0.2, -0.15) is 0 Å². The first-order valence-corrected chi connectivity index (χ1v) is 22.3. The summed E-state index contributed by atoms with van der Waals surface area (Å²) in [6, 6.07) is 42.7.